The maximum Gasteiger partial charge on any atom is 0.573 e. The highest BCUT2D eigenvalue weighted by Crippen LogP contribution is 2.24. The number of sulfone groups is 1. The Labute approximate surface area is 155 Å². The Morgan fingerprint density at radius 2 is 1.78 bits per heavy atom. The van der Waals surface area contributed by atoms with Crippen LogP contribution in [-0.4, -0.2) is 26.9 Å². The minimum Gasteiger partial charge on any atom is -0.406 e. The van der Waals surface area contributed by atoms with Crippen molar-refractivity contribution in [2.75, 3.05) is 6.26 Å². The Morgan fingerprint density at radius 1 is 1.15 bits per heavy atom. The molecule has 27 heavy (non-hydrogen) atoms. The van der Waals surface area contributed by atoms with E-state index >= 15 is 0 Å². The molecule has 0 bridgehead atoms. The second-order valence-electron chi connectivity index (χ2n) is 6.08. The molecule has 2 aromatic carbocycles. The zero-order valence-corrected chi connectivity index (χ0v) is 15.4. The van der Waals surface area contributed by atoms with Crippen molar-refractivity contribution in [3.63, 3.8) is 0 Å². The number of benzene rings is 2. The fraction of sp³-hybridized carbons (Fsp3) is 0.278. The Hall–Kier alpha value is -2.55. The number of hydrogen-bond donors (Lipinski definition) is 1. The number of amides is 1. The largest absolute Gasteiger partial charge is 0.573 e. The second-order valence-corrected chi connectivity index (χ2v) is 8.22. The van der Waals surface area contributed by atoms with E-state index in [-0.39, 0.29) is 11.5 Å². The van der Waals surface area contributed by atoms with Crippen molar-refractivity contribution < 1.29 is 31.1 Å². The molecule has 0 heterocycles. The van der Waals surface area contributed by atoms with Gasteiger partial charge in [0.25, 0.3) is 5.91 Å². The van der Waals surface area contributed by atoms with Gasteiger partial charge in [0.2, 0.25) is 0 Å². The lowest BCUT2D eigenvalue weighted by molar-refractivity contribution is -0.274. The summed E-state index contributed by atoms with van der Waals surface area (Å²) in [6.07, 6.45) is -3.66. The summed E-state index contributed by atoms with van der Waals surface area (Å²) in [5.74, 6) is -0.948. The van der Waals surface area contributed by atoms with E-state index in [0.29, 0.717) is 16.7 Å². The van der Waals surface area contributed by atoms with Gasteiger partial charge in [0.1, 0.15) is 5.75 Å². The molecule has 0 fully saturated rings. The van der Waals surface area contributed by atoms with Gasteiger partial charge in [-0.25, -0.2) is 8.42 Å². The van der Waals surface area contributed by atoms with E-state index in [1.807, 2.05) is 0 Å². The van der Waals surface area contributed by atoms with Gasteiger partial charge >= 0.3 is 6.36 Å². The van der Waals surface area contributed by atoms with E-state index in [1.54, 1.807) is 25.1 Å². The quantitative estimate of drug-likeness (QED) is 0.803. The highest BCUT2D eigenvalue weighted by Gasteiger charge is 2.31. The molecule has 5 nitrogen and oxygen atoms in total. The van der Waals surface area contributed by atoms with Gasteiger partial charge in [-0.15, -0.1) is 13.2 Å². The SMILES string of the molecule is C[C@H](NC(=O)c1cccc(CS(C)(=O)=O)c1)c1ccc(OC(F)(F)F)cc1. The van der Waals surface area contributed by atoms with E-state index in [4.69, 9.17) is 0 Å². The molecular formula is C18H18F3NO4S. The third-order valence-corrected chi connectivity index (χ3v) is 4.44. The van der Waals surface area contributed by atoms with Crippen LogP contribution in [0.3, 0.4) is 0 Å². The van der Waals surface area contributed by atoms with Crippen molar-refractivity contribution in [3.8, 4) is 5.75 Å². The minimum absolute atomic E-state index is 0.176. The Bertz CT molecular complexity index is 909. The molecule has 0 unspecified atom stereocenters. The van der Waals surface area contributed by atoms with Gasteiger partial charge in [-0.1, -0.05) is 24.3 Å². The van der Waals surface area contributed by atoms with Crippen LogP contribution in [0, 0.1) is 0 Å². The first-order valence-electron chi connectivity index (χ1n) is 7.86. The molecule has 0 spiro atoms. The number of halogens is 3. The van der Waals surface area contributed by atoms with Gasteiger partial charge in [-0.2, -0.15) is 0 Å². The molecule has 146 valence electrons. The van der Waals surface area contributed by atoms with E-state index in [1.165, 1.54) is 18.2 Å². The molecule has 1 atom stereocenters. The van der Waals surface area contributed by atoms with E-state index in [2.05, 4.69) is 10.1 Å². The zero-order chi connectivity index (χ0) is 20.2. The number of nitrogens with one attached hydrogen (secondary N) is 1. The van der Waals surface area contributed by atoms with Crippen LogP contribution in [0.4, 0.5) is 13.2 Å². The third kappa shape index (κ3) is 6.93. The van der Waals surface area contributed by atoms with E-state index < -0.39 is 28.1 Å². The van der Waals surface area contributed by atoms with Crippen molar-refractivity contribution >= 4 is 15.7 Å². The van der Waals surface area contributed by atoms with Gasteiger partial charge < -0.3 is 10.1 Å². The van der Waals surface area contributed by atoms with E-state index in [0.717, 1.165) is 18.4 Å². The average Bonchev–Trinajstić information content (AvgIpc) is 2.52. The summed E-state index contributed by atoms with van der Waals surface area (Å²) in [5.41, 5.74) is 1.37. The van der Waals surface area contributed by atoms with Crippen molar-refractivity contribution in [1.82, 2.24) is 5.32 Å². The molecule has 0 aliphatic heterocycles. The molecule has 0 radical (unpaired) electrons. The topological polar surface area (TPSA) is 72.5 Å². The van der Waals surface area contributed by atoms with Crippen LogP contribution in [0.1, 0.15) is 34.5 Å². The number of hydrogen-bond acceptors (Lipinski definition) is 4. The van der Waals surface area contributed by atoms with Gasteiger partial charge in [-0.3, -0.25) is 4.79 Å². The normalized spacial score (nSPS) is 13.1. The molecule has 9 heteroatoms. The maximum atomic E-state index is 12.4. The predicted molar refractivity (Wildman–Crippen MR) is 94.0 cm³/mol. The molecule has 0 aromatic heterocycles. The predicted octanol–water partition coefficient (Wildman–Crippen LogP) is 3.62. The van der Waals surface area contributed by atoms with Crippen LogP contribution in [0.15, 0.2) is 48.5 Å². The Balaban J connectivity index is 2.06. The smallest absolute Gasteiger partial charge is 0.406 e. The number of carbonyl (C=O) groups excluding carboxylic acids is 1. The number of ether oxygens (including phenoxy) is 1. The van der Waals surface area contributed by atoms with Crippen LogP contribution in [0.25, 0.3) is 0 Å². The highest BCUT2D eigenvalue weighted by molar-refractivity contribution is 7.89. The summed E-state index contributed by atoms with van der Waals surface area (Å²) in [6.45, 7) is 1.68. The van der Waals surface area contributed by atoms with Crippen LogP contribution in [0.5, 0.6) is 5.75 Å². The summed E-state index contributed by atoms with van der Waals surface area (Å²) in [5, 5.41) is 2.72. The summed E-state index contributed by atoms with van der Waals surface area (Å²) in [4.78, 5) is 12.4. The lowest BCUT2D eigenvalue weighted by atomic mass is 10.1. The summed E-state index contributed by atoms with van der Waals surface area (Å²) in [7, 11) is -3.23. The Kier molecular flexibility index (Phi) is 6.15. The molecule has 2 rings (SSSR count). The average molecular weight is 401 g/mol. The van der Waals surface area contributed by atoms with Crippen LogP contribution >= 0.6 is 0 Å². The van der Waals surface area contributed by atoms with Crippen molar-refractivity contribution in [2.24, 2.45) is 0 Å². The lowest BCUT2D eigenvalue weighted by Crippen LogP contribution is -2.26. The second kappa shape index (κ2) is 7.99. The summed E-state index contributed by atoms with van der Waals surface area (Å²) in [6, 6.07) is 10.9. The first-order valence-corrected chi connectivity index (χ1v) is 9.92. The maximum absolute atomic E-state index is 12.4. The van der Waals surface area contributed by atoms with Gasteiger partial charge in [0.15, 0.2) is 9.84 Å². The molecule has 2 aromatic rings. The fourth-order valence-electron chi connectivity index (χ4n) is 2.43. The standard InChI is InChI=1S/C18H18F3NO4S/c1-12(14-6-8-16(9-7-14)26-18(19,20)21)22-17(23)15-5-3-4-13(10-15)11-27(2,24)25/h3-10,12H,11H2,1-2H3,(H,22,23)/t12-/m0/s1. The molecule has 1 amide bonds. The van der Waals surface area contributed by atoms with Crippen LogP contribution in [-0.2, 0) is 15.6 Å². The van der Waals surface area contributed by atoms with Crippen LogP contribution < -0.4 is 10.1 Å². The zero-order valence-electron chi connectivity index (χ0n) is 14.6. The van der Waals surface area contributed by atoms with Crippen molar-refractivity contribution in [1.29, 1.82) is 0 Å². The lowest BCUT2D eigenvalue weighted by Gasteiger charge is -2.16. The van der Waals surface area contributed by atoms with Gasteiger partial charge in [-0.05, 0) is 42.3 Å². The molecule has 0 saturated heterocycles. The van der Waals surface area contributed by atoms with Gasteiger partial charge in [0.05, 0.1) is 11.8 Å². The molecular weight excluding hydrogens is 383 g/mol. The molecule has 0 saturated carbocycles. The summed E-state index contributed by atoms with van der Waals surface area (Å²) < 4.78 is 63.1. The van der Waals surface area contributed by atoms with Gasteiger partial charge in [0, 0.05) is 11.8 Å². The molecule has 0 aliphatic rings. The van der Waals surface area contributed by atoms with Crippen LogP contribution in [0.2, 0.25) is 0 Å². The molecule has 1 N–H and O–H groups in total. The van der Waals surface area contributed by atoms with Crippen molar-refractivity contribution in [3.05, 3.63) is 65.2 Å². The third-order valence-electron chi connectivity index (χ3n) is 3.58. The monoisotopic (exact) mass is 401 g/mol. The minimum atomic E-state index is -4.77. The summed E-state index contributed by atoms with van der Waals surface area (Å²) >= 11 is 0. The number of rotatable bonds is 6. The van der Waals surface area contributed by atoms with Crippen molar-refractivity contribution in [2.45, 2.75) is 25.1 Å². The highest BCUT2D eigenvalue weighted by atomic mass is 32.2. The fourth-order valence-corrected chi connectivity index (χ4v) is 3.21. The number of alkyl halides is 3. The first kappa shape index (κ1) is 20.8. The number of carbonyl (C=O) groups is 1. The Morgan fingerprint density at radius 3 is 2.33 bits per heavy atom. The van der Waals surface area contributed by atoms with E-state index in [9.17, 15) is 26.4 Å². The first-order chi connectivity index (χ1) is 12.4. The molecule has 0 aliphatic carbocycles.